The van der Waals surface area contributed by atoms with Gasteiger partial charge in [0.2, 0.25) is 5.91 Å². The zero-order valence-corrected chi connectivity index (χ0v) is 15.6. The largest absolute Gasteiger partial charge is 0.480 e. The van der Waals surface area contributed by atoms with Gasteiger partial charge in [-0.1, -0.05) is 25.1 Å². The number of hydrogen-bond donors (Lipinski definition) is 3. The normalized spacial score (nSPS) is 12.4. The van der Waals surface area contributed by atoms with Gasteiger partial charge in [0.05, 0.1) is 20.8 Å². The van der Waals surface area contributed by atoms with Crippen LogP contribution in [0.25, 0.3) is 0 Å². The fourth-order valence-electron chi connectivity index (χ4n) is 2.47. The van der Waals surface area contributed by atoms with Crippen LogP contribution in [0.5, 0.6) is 0 Å². The van der Waals surface area contributed by atoms with E-state index in [1.807, 2.05) is 0 Å². The first-order valence-corrected chi connectivity index (χ1v) is 8.24. The molecule has 1 rings (SSSR count). The lowest BCUT2D eigenvalue weighted by atomic mass is 9.87. The van der Waals surface area contributed by atoms with Crippen LogP contribution >= 0.6 is 0 Å². The van der Waals surface area contributed by atoms with E-state index in [4.69, 9.17) is 0 Å². The molecule has 2 atom stereocenters. The number of aliphatic carboxylic acids is 1. The minimum atomic E-state index is -1.59. The van der Waals surface area contributed by atoms with Crippen molar-refractivity contribution in [1.29, 1.82) is 0 Å². The maximum atomic E-state index is 12.1. The number of hydrogen-bond acceptors (Lipinski definition) is 7. The second kappa shape index (κ2) is 10.7. The molecule has 0 aliphatic heterocycles. The molecule has 152 valence electrons. The number of nitrogens with one attached hydrogen (secondary N) is 2. The number of carbonyl (C=O) groups excluding carboxylic acids is 4. The fraction of sp³-hybridized carbons (Fsp3) is 0.389. The van der Waals surface area contributed by atoms with Gasteiger partial charge in [-0.2, -0.15) is 0 Å². The summed E-state index contributed by atoms with van der Waals surface area (Å²) in [4.78, 5) is 59.3. The number of carbonyl (C=O) groups is 5. The molecular weight excluding hydrogens is 372 g/mol. The third kappa shape index (κ3) is 6.08. The van der Waals surface area contributed by atoms with Crippen LogP contribution < -0.4 is 10.6 Å². The molecule has 28 heavy (non-hydrogen) atoms. The van der Waals surface area contributed by atoms with E-state index in [-0.39, 0.29) is 0 Å². The molecule has 0 spiro atoms. The van der Waals surface area contributed by atoms with Crippen molar-refractivity contribution in [2.75, 3.05) is 20.8 Å². The summed E-state index contributed by atoms with van der Waals surface area (Å²) in [6.07, 6.45) is 0. The molecular formula is C18H22N2O8. The molecule has 0 heterocycles. The first-order valence-electron chi connectivity index (χ1n) is 8.24. The van der Waals surface area contributed by atoms with Gasteiger partial charge in [-0.15, -0.1) is 0 Å². The molecule has 0 aromatic heterocycles. The summed E-state index contributed by atoms with van der Waals surface area (Å²) in [5.41, 5.74) is 0.329. The maximum Gasteiger partial charge on any atom is 0.326 e. The highest BCUT2D eigenvalue weighted by Gasteiger charge is 2.41. The third-order valence-electron chi connectivity index (χ3n) is 3.99. The average Bonchev–Trinajstić information content (AvgIpc) is 2.70. The summed E-state index contributed by atoms with van der Waals surface area (Å²) in [7, 11) is 2.08. The summed E-state index contributed by atoms with van der Waals surface area (Å²) < 4.78 is 9.03. The summed E-state index contributed by atoms with van der Waals surface area (Å²) in [5, 5.41) is 13.9. The molecule has 0 saturated heterocycles. The van der Waals surface area contributed by atoms with Crippen molar-refractivity contribution in [2.24, 2.45) is 11.8 Å². The predicted molar refractivity (Wildman–Crippen MR) is 95.0 cm³/mol. The molecule has 10 nitrogen and oxygen atoms in total. The lowest BCUT2D eigenvalue weighted by Crippen LogP contribution is -2.52. The van der Waals surface area contributed by atoms with Crippen LogP contribution in [0.15, 0.2) is 30.3 Å². The number of amides is 2. The van der Waals surface area contributed by atoms with Crippen molar-refractivity contribution >= 4 is 29.7 Å². The summed E-state index contributed by atoms with van der Waals surface area (Å²) >= 11 is 0. The second-order valence-electron chi connectivity index (χ2n) is 5.82. The highest BCUT2D eigenvalue weighted by atomic mass is 16.5. The number of rotatable bonds is 9. The molecule has 3 N–H and O–H groups in total. The lowest BCUT2D eigenvalue weighted by molar-refractivity contribution is -0.163. The van der Waals surface area contributed by atoms with E-state index in [0.29, 0.717) is 5.56 Å². The van der Waals surface area contributed by atoms with Gasteiger partial charge in [-0.3, -0.25) is 19.2 Å². The second-order valence-corrected chi connectivity index (χ2v) is 5.82. The van der Waals surface area contributed by atoms with Gasteiger partial charge in [0.15, 0.2) is 5.92 Å². The average molecular weight is 394 g/mol. The van der Waals surface area contributed by atoms with Crippen LogP contribution in [0, 0.1) is 11.8 Å². The molecule has 1 aromatic rings. The highest BCUT2D eigenvalue weighted by Crippen LogP contribution is 2.19. The van der Waals surface area contributed by atoms with E-state index in [9.17, 15) is 29.1 Å². The van der Waals surface area contributed by atoms with Gasteiger partial charge in [-0.05, 0) is 12.1 Å². The van der Waals surface area contributed by atoms with Gasteiger partial charge < -0.3 is 25.2 Å². The van der Waals surface area contributed by atoms with Gasteiger partial charge in [0.1, 0.15) is 6.04 Å². The van der Waals surface area contributed by atoms with Crippen LogP contribution in [0.4, 0.5) is 0 Å². The van der Waals surface area contributed by atoms with E-state index in [2.05, 4.69) is 20.1 Å². The fourth-order valence-corrected chi connectivity index (χ4v) is 2.47. The van der Waals surface area contributed by atoms with E-state index < -0.39 is 54.1 Å². The van der Waals surface area contributed by atoms with E-state index in [1.165, 1.54) is 6.92 Å². The number of carboxylic acids is 1. The monoisotopic (exact) mass is 394 g/mol. The quantitative estimate of drug-likeness (QED) is 0.378. The lowest BCUT2D eigenvalue weighted by Gasteiger charge is -2.26. The zero-order chi connectivity index (χ0) is 21.3. The molecule has 0 radical (unpaired) electrons. The Kier molecular flexibility index (Phi) is 8.60. The van der Waals surface area contributed by atoms with Crippen LogP contribution in [-0.4, -0.2) is 61.6 Å². The Balaban J connectivity index is 2.81. The number of esters is 2. The van der Waals surface area contributed by atoms with Gasteiger partial charge in [0, 0.05) is 11.5 Å². The number of methoxy groups -OCH3 is 2. The Labute approximate surface area is 161 Å². The molecule has 1 aromatic carbocycles. The molecule has 0 aliphatic carbocycles. The summed E-state index contributed by atoms with van der Waals surface area (Å²) in [5.74, 6) is -7.49. The van der Waals surface area contributed by atoms with Crippen molar-refractivity contribution < 1.29 is 38.6 Å². The highest BCUT2D eigenvalue weighted by molar-refractivity contribution is 5.98. The van der Waals surface area contributed by atoms with E-state index in [1.54, 1.807) is 30.3 Å². The molecule has 0 aliphatic rings. The van der Waals surface area contributed by atoms with Crippen LogP contribution in [0.1, 0.15) is 17.3 Å². The Bertz CT molecular complexity index is 718. The van der Waals surface area contributed by atoms with Crippen molar-refractivity contribution in [1.82, 2.24) is 10.6 Å². The number of benzene rings is 1. The Morgan fingerprint density at radius 1 is 1.00 bits per heavy atom. The molecule has 0 saturated carbocycles. The van der Waals surface area contributed by atoms with Crippen molar-refractivity contribution in [3.63, 3.8) is 0 Å². The van der Waals surface area contributed by atoms with Crippen LogP contribution in [0.3, 0.4) is 0 Å². The van der Waals surface area contributed by atoms with E-state index in [0.717, 1.165) is 14.2 Å². The van der Waals surface area contributed by atoms with Crippen LogP contribution in [0.2, 0.25) is 0 Å². The Hall–Kier alpha value is -3.43. The molecule has 2 amide bonds. The minimum absolute atomic E-state index is 0.329. The van der Waals surface area contributed by atoms with Crippen molar-refractivity contribution in [2.45, 2.75) is 13.0 Å². The van der Waals surface area contributed by atoms with Crippen molar-refractivity contribution in [3.05, 3.63) is 35.9 Å². The SMILES string of the molecule is COC(=O)C(C(=O)OC)[C@@H](C)[C@H](NC(=O)CNC(=O)c1ccccc1)C(=O)O. The van der Waals surface area contributed by atoms with Gasteiger partial charge >= 0.3 is 17.9 Å². The molecule has 0 bridgehead atoms. The topological polar surface area (TPSA) is 148 Å². The first-order chi connectivity index (χ1) is 13.2. The zero-order valence-electron chi connectivity index (χ0n) is 15.6. The van der Waals surface area contributed by atoms with Gasteiger partial charge in [0.25, 0.3) is 5.91 Å². The maximum absolute atomic E-state index is 12.1. The first kappa shape index (κ1) is 22.6. The Morgan fingerprint density at radius 2 is 1.54 bits per heavy atom. The molecule has 0 fully saturated rings. The number of ether oxygens (including phenoxy) is 2. The number of carboxylic acid groups (broad SMARTS) is 1. The third-order valence-corrected chi connectivity index (χ3v) is 3.99. The smallest absolute Gasteiger partial charge is 0.326 e. The molecule has 0 unspecified atom stereocenters. The summed E-state index contributed by atoms with van der Waals surface area (Å²) in [6.45, 7) is 0.797. The standard InChI is InChI=1S/C18H22N2O8/c1-10(13(17(25)27-2)18(26)28-3)14(16(23)24)20-12(21)9-19-15(22)11-7-5-4-6-8-11/h4-8,10,13-14H,9H2,1-3H3,(H,19,22)(H,20,21)(H,23,24)/t10-,14+/m1/s1. The van der Waals surface area contributed by atoms with E-state index >= 15 is 0 Å². The minimum Gasteiger partial charge on any atom is -0.480 e. The van der Waals surface area contributed by atoms with Gasteiger partial charge in [-0.25, -0.2) is 4.79 Å². The summed E-state index contributed by atoms with van der Waals surface area (Å²) in [6, 6.07) is 6.53. The predicted octanol–water partition coefficient (Wildman–Crippen LogP) is -0.416. The Morgan fingerprint density at radius 3 is 2.00 bits per heavy atom. The van der Waals surface area contributed by atoms with Crippen LogP contribution in [-0.2, 0) is 28.7 Å². The molecule has 10 heteroatoms. The van der Waals surface area contributed by atoms with Crippen molar-refractivity contribution in [3.8, 4) is 0 Å².